The summed E-state index contributed by atoms with van der Waals surface area (Å²) in [6, 6.07) is 5.97. The molecule has 2 aromatic rings. The molecule has 10 nitrogen and oxygen atoms in total. The van der Waals surface area contributed by atoms with Gasteiger partial charge in [-0.25, -0.2) is 0 Å². The second kappa shape index (κ2) is 8.62. The molecule has 36 heavy (non-hydrogen) atoms. The fourth-order valence-corrected chi connectivity index (χ4v) is 5.36. The van der Waals surface area contributed by atoms with E-state index in [0.29, 0.717) is 11.3 Å². The quantitative estimate of drug-likeness (QED) is 0.347. The number of aliphatic hydroxyl groups is 4. The van der Waals surface area contributed by atoms with Crippen molar-refractivity contribution in [3.63, 3.8) is 0 Å². The summed E-state index contributed by atoms with van der Waals surface area (Å²) in [7, 11) is 1.45. The van der Waals surface area contributed by atoms with E-state index in [2.05, 4.69) is 0 Å². The number of benzene rings is 2. The number of ketones is 2. The van der Waals surface area contributed by atoms with Crippen molar-refractivity contribution in [1.82, 2.24) is 0 Å². The molecule has 7 atom stereocenters. The second-order valence-electron chi connectivity index (χ2n) is 9.97. The lowest BCUT2D eigenvalue weighted by molar-refractivity contribution is -0.308. The van der Waals surface area contributed by atoms with Crippen LogP contribution < -0.4 is 4.74 Å². The van der Waals surface area contributed by atoms with E-state index in [1.54, 1.807) is 13.0 Å². The molecule has 0 bridgehead atoms. The van der Waals surface area contributed by atoms with Crippen molar-refractivity contribution in [2.75, 3.05) is 7.11 Å². The minimum Gasteiger partial charge on any atom is -0.507 e. The Balaban J connectivity index is 1.59. The van der Waals surface area contributed by atoms with E-state index in [1.165, 1.54) is 32.2 Å². The Morgan fingerprint density at radius 3 is 2.42 bits per heavy atom. The van der Waals surface area contributed by atoms with Gasteiger partial charge in [0.25, 0.3) is 0 Å². The third-order valence-electron chi connectivity index (χ3n) is 7.24. The largest absolute Gasteiger partial charge is 0.507 e. The first kappa shape index (κ1) is 24.8. The van der Waals surface area contributed by atoms with Crippen LogP contribution in [0, 0.1) is 0 Å². The van der Waals surface area contributed by atoms with E-state index in [9.17, 15) is 35.1 Å². The van der Waals surface area contributed by atoms with Crippen LogP contribution in [0.3, 0.4) is 0 Å². The summed E-state index contributed by atoms with van der Waals surface area (Å²) in [5.41, 5.74) is -0.594. The van der Waals surface area contributed by atoms with Crippen molar-refractivity contribution in [3.05, 3.63) is 57.6 Å². The zero-order valence-corrected chi connectivity index (χ0v) is 20.0. The number of fused-ring (bicyclic) bond motifs is 3. The molecule has 5 N–H and O–H groups in total. The number of ether oxygens (including phenoxy) is 3. The van der Waals surface area contributed by atoms with Crippen molar-refractivity contribution >= 4 is 11.6 Å². The van der Waals surface area contributed by atoms with E-state index in [0.717, 1.165) is 0 Å². The third-order valence-corrected chi connectivity index (χ3v) is 7.24. The monoisotopic (exact) mass is 500 g/mol. The molecule has 1 aliphatic heterocycles. The molecule has 192 valence electrons. The number of methoxy groups -OCH3 is 1. The summed E-state index contributed by atoms with van der Waals surface area (Å²) >= 11 is 0. The highest BCUT2D eigenvalue weighted by Gasteiger charge is 2.47. The summed E-state index contributed by atoms with van der Waals surface area (Å²) in [4.78, 5) is 26.7. The molecule has 0 spiro atoms. The molecule has 2 aliphatic carbocycles. The molecule has 3 aliphatic rings. The molecule has 5 rings (SSSR count). The first-order valence-corrected chi connectivity index (χ1v) is 11.7. The standard InChI is InChI=1S/C26H28O10/c1-10-19(27)23(31)24(32)25(35-10)36-16-9-26(2,33)8-11-6-15-18(22(30)17(11)16)21(29)13-5-4-12(34-3)7-14(13)20(15)28/h4-7,10,16,19,23-25,27,30-33H,8-9H2,1-3H3. The smallest absolute Gasteiger partial charge is 0.198 e. The van der Waals surface area contributed by atoms with Gasteiger partial charge in [0.1, 0.15) is 29.8 Å². The van der Waals surface area contributed by atoms with Crippen LogP contribution in [0.2, 0.25) is 0 Å². The summed E-state index contributed by atoms with van der Waals surface area (Å²) in [6.07, 6.45) is -7.72. The number of aromatic hydroxyl groups is 1. The van der Waals surface area contributed by atoms with Crippen LogP contribution in [0.1, 0.15) is 69.3 Å². The van der Waals surface area contributed by atoms with Crippen LogP contribution in [0.25, 0.3) is 0 Å². The van der Waals surface area contributed by atoms with Crippen molar-refractivity contribution in [2.24, 2.45) is 0 Å². The summed E-state index contributed by atoms with van der Waals surface area (Å²) < 4.78 is 16.7. The van der Waals surface area contributed by atoms with E-state index < -0.39 is 59.7 Å². The Morgan fingerprint density at radius 2 is 1.72 bits per heavy atom. The predicted molar refractivity (Wildman–Crippen MR) is 123 cm³/mol. The molecule has 0 radical (unpaired) electrons. The van der Waals surface area contributed by atoms with E-state index in [-0.39, 0.29) is 40.7 Å². The van der Waals surface area contributed by atoms with Gasteiger partial charge in [0.05, 0.1) is 30.5 Å². The maximum atomic E-state index is 13.4. The first-order chi connectivity index (χ1) is 16.9. The summed E-state index contributed by atoms with van der Waals surface area (Å²) in [6.45, 7) is 3.07. The normalized spacial score (nSPS) is 33.5. The van der Waals surface area contributed by atoms with Gasteiger partial charge >= 0.3 is 0 Å². The van der Waals surface area contributed by atoms with Gasteiger partial charge in [-0.1, -0.05) is 0 Å². The van der Waals surface area contributed by atoms with Gasteiger partial charge in [-0.2, -0.15) is 0 Å². The minimum atomic E-state index is -1.60. The Morgan fingerprint density at radius 1 is 1.00 bits per heavy atom. The Hall–Kier alpha value is -2.86. The van der Waals surface area contributed by atoms with E-state index in [1.807, 2.05) is 0 Å². The van der Waals surface area contributed by atoms with E-state index in [4.69, 9.17) is 14.2 Å². The van der Waals surface area contributed by atoms with Crippen LogP contribution in [-0.2, 0) is 15.9 Å². The molecule has 0 saturated carbocycles. The molecule has 10 heteroatoms. The van der Waals surface area contributed by atoms with Gasteiger partial charge in [0.15, 0.2) is 17.9 Å². The van der Waals surface area contributed by atoms with E-state index >= 15 is 0 Å². The maximum absolute atomic E-state index is 13.4. The third kappa shape index (κ3) is 3.81. The number of hydrogen-bond acceptors (Lipinski definition) is 10. The lowest BCUT2D eigenvalue weighted by atomic mass is 9.74. The number of phenolic OH excluding ortho intramolecular Hbond substituents is 1. The average molecular weight is 501 g/mol. The predicted octanol–water partition coefficient (Wildman–Crippen LogP) is 0.759. The Bertz CT molecular complexity index is 1250. The van der Waals surface area contributed by atoms with Gasteiger partial charge in [0, 0.05) is 35.1 Å². The minimum absolute atomic E-state index is 0.00886. The molecular weight excluding hydrogens is 472 g/mol. The lowest BCUT2D eigenvalue weighted by Crippen LogP contribution is -2.57. The maximum Gasteiger partial charge on any atom is 0.198 e. The molecule has 2 aromatic carbocycles. The molecular formula is C26H28O10. The van der Waals surface area contributed by atoms with Gasteiger partial charge in [-0.05, 0) is 43.7 Å². The van der Waals surface area contributed by atoms with Crippen molar-refractivity contribution in [2.45, 2.75) is 69.1 Å². The number of rotatable bonds is 3. The number of carbonyl (C=O) groups excluding carboxylic acids is 2. The number of carbonyl (C=O) groups is 2. The Kier molecular flexibility index (Phi) is 5.94. The van der Waals surface area contributed by atoms with Gasteiger partial charge in [-0.3, -0.25) is 9.59 Å². The zero-order valence-electron chi connectivity index (χ0n) is 20.0. The van der Waals surface area contributed by atoms with Gasteiger partial charge in [0.2, 0.25) is 0 Å². The van der Waals surface area contributed by atoms with Crippen molar-refractivity contribution in [3.8, 4) is 11.5 Å². The number of aliphatic hydroxyl groups excluding tert-OH is 3. The second-order valence-corrected chi connectivity index (χ2v) is 9.97. The van der Waals surface area contributed by atoms with Gasteiger partial charge < -0.3 is 39.7 Å². The number of phenols is 1. The van der Waals surface area contributed by atoms with Crippen molar-refractivity contribution in [1.29, 1.82) is 0 Å². The SMILES string of the molecule is COc1ccc2c(c1)C(=O)c1cc3c(c(O)c1C2=O)C(OC1OC(C)C(O)C(O)C1O)CC(C)(O)C3. The summed E-state index contributed by atoms with van der Waals surface area (Å²) in [5.74, 6) is -1.04. The van der Waals surface area contributed by atoms with Crippen LogP contribution in [0.5, 0.6) is 11.5 Å². The van der Waals surface area contributed by atoms with Crippen LogP contribution in [0.4, 0.5) is 0 Å². The molecule has 1 saturated heterocycles. The van der Waals surface area contributed by atoms with Gasteiger partial charge in [-0.15, -0.1) is 0 Å². The highest BCUT2D eigenvalue weighted by atomic mass is 16.7. The fourth-order valence-electron chi connectivity index (χ4n) is 5.36. The molecule has 0 aromatic heterocycles. The molecule has 1 heterocycles. The number of hydrogen-bond donors (Lipinski definition) is 5. The first-order valence-electron chi connectivity index (χ1n) is 11.7. The molecule has 1 fully saturated rings. The molecule has 0 amide bonds. The van der Waals surface area contributed by atoms with Crippen LogP contribution in [0.15, 0.2) is 24.3 Å². The van der Waals surface area contributed by atoms with Crippen LogP contribution >= 0.6 is 0 Å². The van der Waals surface area contributed by atoms with Crippen molar-refractivity contribution < 1.29 is 49.3 Å². The zero-order chi connectivity index (χ0) is 26.1. The fraction of sp³-hybridized carbons (Fsp3) is 0.462. The topological polar surface area (TPSA) is 163 Å². The average Bonchev–Trinajstić information content (AvgIpc) is 2.83. The highest BCUT2D eigenvalue weighted by molar-refractivity contribution is 6.29. The summed E-state index contributed by atoms with van der Waals surface area (Å²) in [5, 5.41) is 52.9. The molecule has 7 unspecified atom stereocenters. The Labute approximate surface area is 206 Å². The lowest BCUT2D eigenvalue weighted by Gasteiger charge is -2.43. The highest BCUT2D eigenvalue weighted by Crippen LogP contribution is 2.48. The van der Waals surface area contributed by atoms with Crippen LogP contribution in [-0.4, -0.2) is 80.5 Å².